The van der Waals surface area contributed by atoms with E-state index in [1.807, 2.05) is 30.3 Å². The Morgan fingerprint density at radius 1 is 1.08 bits per heavy atom. The Kier molecular flexibility index (Phi) is 6.32. The minimum atomic E-state index is -1.15. The third-order valence-electron chi connectivity index (χ3n) is 3.73. The molecule has 0 aromatic heterocycles. The van der Waals surface area contributed by atoms with E-state index in [2.05, 4.69) is 10.6 Å². The molecule has 3 amide bonds. The van der Waals surface area contributed by atoms with Gasteiger partial charge in [-0.3, -0.25) is 10.1 Å². The van der Waals surface area contributed by atoms with Crippen LogP contribution in [0.3, 0.4) is 0 Å². The highest BCUT2D eigenvalue weighted by Gasteiger charge is 2.22. The third-order valence-corrected chi connectivity index (χ3v) is 3.73. The van der Waals surface area contributed by atoms with Crippen molar-refractivity contribution in [1.82, 2.24) is 10.6 Å². The first-order valence-electron chi connectivity index (χ1n) is 8.07. The number of esters is 1. The van der Waals surface area contributed by atoms with Crippen molar-refractivity contribution >= 4 is 23.6 Å². The van der Waals surface area contributed by atoms with Gasteiger partial charge in [0.2, 0.25) is 0 Å². The zero-order valence-electron chi connectivity index (χ0n) is 14.6. The van der Waals surface area contributed by atoms with E-state index in [1.165, 1.54) is 13.0 Å². The summed E-state index contributed by atoms with van der Waals surface area (Å²) in [6.07, 6.45) is -1.15. The summed E-state index contributed by atoms with van der Waals surface area (Å²) in [5.41, 5.74) is 7.95. The lowest BCUT2D eigenvalue weighted by atomic mass is 10.1. The Balaban J connectivity index is 1.85. The normalized spacial score (nSPS) is 11.3. The number of urea groups is 1. The summed E-state index contributed by atoms with van der Waals surface area (Å²) in [5.74, 6) is -1.45. The van der Waals surface area contributed by atoms with Crippen molar-refractivity contribution in [3.05, 3.63) is 65.2 Å². The lowest BCUT2D eigenvalue weighted by molar-refractivity contribution is -0.127. The number of hydrogen-bond donors (Lipinski definition) is 3. The zero-order valence-corrected chi connectivity index (χ0v) is 14.6. The van der Waals surface area contributed by atoms with E-state index < -0.39 is 24.0 Å². The van der Waals surface area contributed by atoms with E-state index in [4.69, 9.17) is 10.5 Å². The van der Waals surface area contributed by atoms with E-state index in [0.29, 0.717) is 5.69 Å². The van der Waals surface area contributed by atoms with Crippen LogP contribution in [0.15, 0.2) is 48.5 Å². The Hall–Kier alpha value is -3.35. The van der Waals surface area contributed by atoms with Crippen molar-refractivity contribution in [2.45, 2.75) is 26.5 Å². The van der Waals surface area contributed by atoms with Gasteiger partial charge in [0.15, 0.2) is 6.10 Å². The molecule has 4 N–H and O–H groups in total. The Labute approximate surface area is 151 Å². The molecule has 0 bridgehead atoms. The van der Waals surface area contributed by atoms with Crippen LogP contribution in [0.1, 0.15) is 28.4 Å². The summed E-state index contributed by atoms with van der Waals surface area (Å²) in [4.78, 5) is 35.9. The second-order valence-electron chi connectivity index (χ2n) is 5.74. The van der Waals surface area contributed by atoms with Crippen LogP contribution in [0.2, 0.25) is 0 Å². The monoisotopic (exact) mass is 355 g/mol. The number of para-hydroxylation sites is 1. The topological polar surface area (TPSA) is 111 Å². The number of benzene rings is 2. The van der Waals surface area contributed by atoms with E-state index in [9.17, 15) is 14.4 Å². The van der Waals surface area contributed by atoms with Crippen molar-refractivity contribution in [3.8, 4) is 0 Å². The first-order valence-corrected chi connectivity index (χ1v) is 8.07. The van der Waals surface area contributed by atoms with Crippen LogP contribution in [0, 0.1) is 6.92 Å². The SMILES string of the molecule is Cc1cccc(C(=O)O[C@H](C)C(=O)NC(=O)NCc2ccccc2)c1N. The average Bonchev–Trinajstić information content (AvgIpc) is 2.63. The summed E-state index contributed by atoms with van der Waals surface area (Å²) in [7, 11) is 0. The van der Waals surface area contributed by atoms with Crippen molar-refractivity contribution < 1.29 is 19.1 Å². The summed E-state index contributed by atoms with van der Waals surface area (Å²) in [6, 6.07) is 13.5. The van der Waals surface area contributed by atoms with Crippen molar-refractivity contribution in [1.29, 1.82) is 0 Å². The standard InChI is InChI=1S/C19H21N3O4/c1-12-7-6-10-15(16(12)20)18(24)26-13(2)17(23)22-19(25)21-11-14-8-4-3-5-9-14/h3-10,13H,11,20H2,1-2H3,(H2,21,22,23,25)/t13-/m1/s1. The van der Waals surface area contributed by atoms with Crippen molar-refractivity contribution in [2.75, 3.05) is 5.73 Å². The molecule has 7 nitrogen and oxygen atoms in total. The number of carbonyl (C=O) groups is 3. The van der Waals surface area contributed by atoms with Gasteiger partial charge in [-0.1, -0.05) is 42.5 Å². The Bertz CT molecular complexity index is 806. The van der Waals surface area contributed by atoms with Crippen molar-refractivity contribution in [2.24, 2.45) is 0 Å². The van der Waals surface area contributed by atoms with Gasteiger partial charge in [0.05, 0.1) is 5.56 Å². The smallest absolute Gasteiger partial charge is 0.341 e. The predicted molar refractivity (Wildman–Crippen MR) is 97.3 cm³/mol. The second kappa shape index (κ2) is 8.66. The van der Waals surface area contributed by atoms with E-state index >= 15 is 0 Å². The van der Waals surface area contributed by atoms with Gasteiger partial charge in [-0.25, -0.2) is 9.59 Å². The van der Waals surface area contributed by atoms with Crippen LogP contribution in [0.4, 0.5) is 10.5 Å². The van der Waals surface area contributed by atoms with E-state index in [0.717, 1.165) is 11.1 Å². The van der Waals surface area contributed by atoms with Gasteiger partial charge in [0.1, 0.15) is 0 Å². The number of nitrogens with one attached hydrogen (secondary N) is 2. The number of carbonyl (C=O) groups excluding carboxylic acids is 3. The number of nitrogen functional groups attached to an aromatic ring is 1. The number of hydrogen-bond acceptors (Lipinski definition) is 5. The zero-order chi connectivity index (χ0) is 19.1. The minimum absolute atomic E-state index is 0.179. The number of aryl methyl sites for hydroxylation is 1. The fourth-order valence-electron chi connectivity index (χ4n) is 2.17. The molecule has 0 saturated heterocycles. The first kappa shape index (κ1) is 19.0. The van der Waals surface area contributed by atoms with Crippen LogP contribution in [0.5, 0.6) is 0 Å². The fraction of sp³-hybridized carbons (Fsp3) is 0.211. The second-order valence-corrected chi connectivity index (χ2v) is 5.74. The number of ether oxygens (including phenoxy) is 1. The molecule has 0 aliphatic rings. The van der Waals surface area contributed by atoms with E-state index in [-0.39, 0.29) is 12.1 Å². The highest BCUT2D eigenvalue weighted by atomic mass is 16.5. The number of imide groups is 1. The van der Waals surface area contributed by atoms with Crippen LogP contribution in [-0.4, -0.2) is 24.0 Å². The largest absolute Gasteiger partial charge is 0.449 e. The van der Waals surface area contributed by atoms with Gasteiger partial charge in [-0.2, -0.15) is 0 Å². The predicted octanol–water partition coefficient (Wildman–Crippen LogP) is 2.15. The molecule has 2 rings (SSSR count). The van der Waals surface area contributed by atoms with Crippen LogP contribution >= 0.6 is 0 Å². The highest BCUT2D eigenvalue weighted by Crippen LogP contribution is 2.18. The highest BCUT2D eigenvalue weighted by molar-refractivity contribution is 6.00. The maximum absolute atomic E-state index is 12.1. The number of anilines is 1. The Morgan fingerprint density at radius 2 is 1.77 bits per heavy atom. The van der Waals surface area contributed by atoms with Gasteiger partial charge < -0.3 is 15.8 Å². The lowest BCUT2D eigenvalue weighted by Crippen LogP contribution is -2.44. The quantitative estimate of drug-likeness (QED) is 0.562. The van der Waals surface area contributed by atoms with Gasteiger partial charge in [0, 0.05) is 12.2 Å². The third kappa shape index (κ3) is 5.07. The summed E-state index contributed by atoms with van der Waals surface area (Å²) in [5, 5.41) is 4.69. The summed E-state index contributed by atoms with van der Waals surface area (Å²) >= 11 is 0. The first-order chi connectivity index (χ1) is 12.4. The molecular formula is C19H21N3O4. The van der Waals surface area contributed by atoms with Gasteiger partial charge in [-0.15, -0.1) is 0 Å². The maximum atomic E-state index is 12.1. The van der Waals surface area contributed by atoms with Crippen LogP contribution in [-0.2, 0) is 16.1 Å². The van der Waals surface area contributed by atoms with Crippen LogP contribution < -0.4 is 16.4 Å². The molecule has 2 aromatic carbocycles. The molecular weight excluding hydrogens is 334 g/mol. The van der Waals surface area contributed by atoms with Gasteiger partial charge in [0.25, 0.3) is 5.91 Å². The molecule has 0 unspecified atom stereocenters. The number of nitrogens with two attached hydrogens (primary N) is 1. The molecule has 2 aromatic rings. The van der Waals surface area contributed by atoms with Crippen molar-refractivity contribution in [3.63, 3.8) is 0 Å². The van der Waals surface area contributed by atoms with Gasteiger partial charge in [-0.05, 0) is 31.0 Å². The van der Waals surface area contributed by atoms with Crippen LogP contribution in [0.25, 0.3) is 0 Å². The molecule has 0 aliphatic heterocycles. The van der Waals surface area contributed by atoms with Gasteiger partial charge >= 0.3 is 12.0 Å². The molecule has 0 fully saturated rings. The molecule has 136 valence electrons. The summed E-state index contributed by atoms with van der Waals surface area (Å²) < 4.78 is 5.09. The number of rotatable bonds is 5. The molecule has 0 aliphatic carbocycles. The molecule has 7 heteroatoms. The molecule has 0 saturated carbocycles. The molecule has 0 radical (unpaired) electrons. The molecule has 26 heavy (non-hydrogen) atoms. The molecule has 0 spiro atoms. The molecule has 1 atom stereocenters. The van der Waals surface area contributed by atoms with E-state index in [1.54, 1.807) is 19.1 Å². The summed E-state index contributed by atoms with van der Waals surface area (Å²) in [6.45, 7) is 3.41. The Morgan fingerprint density at radius 3 is 2.46 bits per heavy atom. The maximum Gasteiger partial charge on any atom is 0.341 e. The minimum Gasteiger partial charge on any atom is -0.449 e. The fourth-order valence-corrected chi connectivity index (χ4v) is 2.17. The average molecular weight is 355 g/mol. The lowest BCUT2D eigenvalue weighted by Gasteiger charge is -2.14. The number of amides is 3. The molecule has 0 heterocycles.